The van der Waals surface area contributed by atoms with Gasteiger partial charge in [-0.25, -0.2) is 24.3 Å². The van der Waals surface area contributed by atoms with Gasteiger partial charge in [-0.1, -0.05) is 12.8 Å². The van der Waals surface area contributed by atoms with E-state index in [9.17, 15) is 56.7 Å². The Morgan fingerprint density at radius 1 is 0.867 bits per heavy atom. The molecule has 0 unspecified atom stereocenters. The minimum atomic E-state index is -6.12. The lowest BCUT2D eigenvalue weighted by Crippen LogP contribution is -2.53. The van der Waals surface area contributed by atoms with Crippen LogP contribution in [0.2, 0.25) is 0 Å². The number of aromatic nitrogens is 5. The molecule has 5 rings (SSSR count). The number of rotatable bonds is 7. The zero-order valence-electron chi connectivity index (χ0n) is 23.3. The fourth-order valence-corrected chi connectivity index (χ4v) is 6.19. The molecule has 0 atom stereocenters. The first-order valence-corrected chi connectivity index (χ1v) is 14.1. The van der Waals surface area contributed by atoms with Gasteiger partial charge in [0.2, 0.25) is 0 Å². The Balaban J connectivity index is 1.60. The lowest BCUT2D eigenvalue weighted by molar-refractivity contribution is -0.375. The number of thiazole rings is 1. The van der Waals surface area contributed by atoms with E-state index in [0.717, 1.165) is 19.0 Å². The molecule has 0 aliphatic heterocycles. The largest absolute Gasteiger partial charge is 0.431 e. The Morgan fingerprint density at radius 2 is 1.49 bits per heavy atom. The molecular formula is C26H26F6N6O6S. The van der Waals surface area contributed by atoms with Crippen molar-refractivity contribution in [1.82, 2.24) is 24.1 Å². The van der Waals surface area contributed by atoms with Crippen LogP contribution in [0.4, 0.5) is 38.0 Å². The maximum atomic E-state index is 13.4. The van der Waals surface area contributed by atoms with Crippen LogP contribution in [-0.4, -0.2) is 62.0 Å². The summed E-state index contributed by atoms with van der Waals surface area (Å²) in [5, 5.41) is 52.4. The summed E-state index contributed by atoms with van der Waals surface area (Å²) in [6, 6.07) is 3.56. The molecule has 4 aromatic heterocycles. The molecular weight excluding hydrogens is 638 g/mol. The molecule has 0 saturated heterocycles. The number of nitrogens with zero attached hydrogens (tertiary/aromatic N) is 5. The Hall–Kier alpha value is -3.62. The Labute approximate surface area is 252 Å². The van der Waals surface area contributed by atoms with E-state index in [2.05, 4.69) is 20.3 Å². The summed E-state index contributed by atoms with van der Waals surface area (Å²) in [4.78, 5) is 23.6. The molecule has 0 radical (unpaired) electrons. The highest BCUT2D eigenvalue weighted by atomic mass is 32.1. The van der Waals surface area contributed by atoms with Crippen LogP contribution >= 0.6 is 11.3 Å². The third-order valence-corrected chi connectivity index (χ3v) is 8.57. The fraction of sp³-hybridized carbons (Fsp3) is 0.462. The predicted octanol–water partition coefficient (Wildman–Crippen LogP) is 3.66. The van der Waals surface area contributed by atoms with Crippen LogP contribution in [0.1, 0.15) is 56.0 Å². The lowest BCUT2D eigenvalue weighted by atomic mass is 9.98. The fourth-order valence-electron chi connectivity index (χ4n) is 5.18. The first-order chi connectivity index (χ1) is 20.6. The van der Waals surface area contributed by atoms with Crippen LogP contribution in [0.25, 0.3) is 21.7 Å². The number of imidazole rings is 1. The molecule has 1 saturated carbocycles. The minimum absolute atomic E-state index is 0.0144. The molecule has 1 aliphatic carbocycles. The predicted molar refractivity (Wildman–Crippen MR) is 146 cm³/mol. The maximum Gasteiger partial charge on any atom is 0.431 e. The van der Waals surface area contributed by atoms with Crippen molar-refractivity contribution in [3.8, 4) is 10.7 Å². The SMILES string of the molecule is CC(C)(O)c1cc(Nc2cc3c(cn2)n(C(O)(O)O)c(=O)n3C2CCCC2)nc(-c2ncc(C(O)(C(F)(F)F)C(F)(F)F)s2)c1. The molecule has 0 aromatic carbocycles. The van der Waals surface area contributed by atoms with E-state index in [1.165, 1.54) is 36.6 Å². The van der Waals surface area contributed by atoms with Gasteiger partial charge in [-0.15, -0.1) is 11.3 Å². The van der Waals surface area contributed by atoms with Crippen LogP contribution < -0.4 is 11.0 Å². The van der Waals surface area contributed by atoms with Crippen molar-refractivity contribution in [3.63, 3.8) is 0 Å². The van der Waals surface area contributed by atoms with Gasteiger partial charge < -0.3 is 30.8 Å². The Bertz CT molecular complexity index is 1780. The van der Waals surface area contributed by atoms with Crippen molar-refractivity contribution >= 4 is 34.0 Å². The molecule has 0 bridgehead atoms. The lowest BCUT2D eigenvalue weighted by Gasteiger charge is -2.30. The average molecular weight is 665 g/mol. The normalized spacial score (nSPS) is 15.8. The molecule has 45 heavy (non-hydrogen) atoms. The second kappa shape index (κ2) is 10.7. The topological polar surface area (TPSA) is 179 Å². The summed E-state index contributed by atoms with van der Waals surface area (Å²) < 4.78 is 82.2. The van der Waals surface area contributed by atoms with E-state index in [0.29, 0.717) is 17.4 Å². The van der Waals surface area contributed by atoms with E-state index in [-0.39, 0.29) is 57.5 Å². The van der Waals surface area contributed by atoms with E-state index in [4.69, 9.17) is 0 Å². The van der Waals surface area contributed by atoms with Crippen molar-refractivity contribution in [1.29, 1.82) is 0 Å². The third-order valence-electron chi connectivity index (χ3n) is 7.44. The molecule has 0 spiro atoms. The number of alkyl halides is 6. The average Bonchev–Trinajstić information content (AvgIpc) is 3.64. The first kappa shape index (κ1) is 32.8. The zero-order valence-corrected chi connectivity index (χ0v) is 24.2. The summed E-state index contributed by atoms with van der Waals surface area (Å²) in [6.07, 6.45) is -11.6. The number of nitrogens with one attached hydrogen (secondary N) is 1. The molecule has 6 N–H and O–H groups in total. The smallest absolute Gasteiger partial charge is 0.386 e. The molecule has 244 valence electrons. The minimum Gasteiger partial charge on any atom is -0.386 e. The standard InChI is InChI=1S/C26H26F6N6O6S/c1-22(2,40)12-7-14(20-34-11-17(45-20)23(41,24(27,28)29)25(30,31)32)35-19(8-12)36-18-9-15-16(10-33-18)38(26(42,43)44)21(39)37(15)13-5-3-4-6-13/h7-11,13,40-44H,3-6H2,1-2H3,(H,33,35,36). The third kappa shape index (κ3) is 5.79. The van der Waals surface area contributed by atoms with Gasteiger partial charge in [0.25, 0.3) is 5.60 Å². The highest BCUT2D eigenvalue weighted by Gasteiger charge is 2.72. The van der Waals surface area contributed by atoms with Crippen molar-refractivity contribution in [2.75, 3.05) is 5.32 Å². The monoisotopic (exact) mass is 664 g/mol. The highest BCUT2D eigenvalue weighted by molar-refractivity contribution is 7.15. The van der Waals surface area contributed by atoms with E-state index >= 15 is 0 Å². The van der Waals surface area contributed by atoms with Crippen LogP contribution in [0.15, 0.2) is 35.4 Å². The molecule has 0 amide bonds. The van der Waals surface area contributed by atoms with Crippen molar-refractivity contribution < 1.29 is 51.9 Å². The summed E-state index contributed by atoms with van der Waals surface area (Å²) >= 11 is -0.0949. The summed E-state index contributed by atoms with van der Waals surface area (Å²) in [7, 11) is 0. The van der Waals surface area contributed by atoms with Gasteiger partial charge in [-0.2, -0.15) is 26.3 Å². The van der Waals surface area contributed by atoms with Crippen molar-refractivity contribution in [2.24, 2.45) is 0 Å². The van der Waals surface area contributed by atoms with E-state index in [1.807, 2.05) is 0 Å². The van der Waals surface area contributed by atoms with Gasteiger partial charge in [0.15, 0.2) is 0 Å². The summed E-state index contributed by atoms with van der Waals surface area (Å²) in [6.45, 7) is 2.74. The summed E-state index contributed by atoms with van der Waals surface area (Å²) in [5.74, 6) is -0.0781. The van der Waals surface area contributed by atoms with Gasteiger partial charge in [0.1, 0.15) is 22.3 Å². The van der Waals surface area contributed by atoms with Crippen LogP contribution in [0, 0.1) is 0 Å². The van der Waals surface area contributed by atoms with Crippen LogP contribution in [0.5, 0.6) is 0 Å². The molecule has 19 heteroatoms. The molecule has 12 nitrogen and oxygen atoms in total. The summed E-state index contributed by atoms with van der Waals surface area (Å²) in [5.41, 5.74) is -7.78. The number of fused-ring (bicyclic) bond motifs is 1. The highest BCUT2D eigenvalue weighted by Crippen LogP contribution is 2.52. The van der Waals surface area contributed by atoms with Crippen LogP contribution in [0.3, 0.4) is 0 Å². The van der Waals surface area contributed by atoms with E-state index in [1.54, 1.807) is 0 Å². The van der Waals surface area contributed by atoms with Crippen molar-refractivity contribution in [2.45, 2.75) is 75.2 Å². The number of halogens is 6. The van der Waals surface area contributed by atoms with Crippen LogP contribution in [-0.2, 0) is 17.3 Å². The van der Waals surface area contributed by atoms with Gasteiger partial charge >= 0.3 is 24.1 Å². The number of anilines is 2. The van der Waals surface area contributed by atoms with Gasteiger partial charge in [-0.3, -0.25) is 4.57 Å². The first-order valence-electron chi connectivity index (χ1n) is 13.3. The maximum absolute atomic E-state index is 13.4. The second-order valence-corrected chi connectivity index (χ2v) is 12.2. The van der Waals surface area contributed by atoms with Crippen molar-refractivity contribution in [3.05, 3.63) is 51.5 Å². The zero-order chi connectivity index (χ0) is 33.3. The van der Waals surface area contributed by atoms with Gasteiger partial charge in [-0.05, 0) is 44.4 Å². The van der Waals surface area contributed by atoms with E-state index < -0.39 is 45.2 Å². The Morgan fingerprint density at radius 3 is 2.04 bits per heavy atom. The molecule has 4 heterocycles. The number of pyridine rings is 2. The molecule has 4 aromatic rings. The second-order valence-electron chi connectivity index (χ2n) is 11.1. The number of hydrogen-bond acceptors (Lipinski definition) is 11. The van der Waals surface area contributed by atoms with Gasteiger partial charge in [0, 0.05) is 18.3 Å². The quantitative estimate of drug-likeness (QED) is 0.126. The number of hydrogen-bond donors (Lipinski definition) is 6. The molecule has 1 aliphatic rings. The number of aliphatic hydroxyl groups is 5. The Kier molecular flexibility index (Phi) is 7.82. The molecule has 1 fully saturated rings. The van der Waals surface area contributed by atoms with Gasteiger partial charge in [0.05, 0.1) is 27.7 Å².